The number of rotatable bonds is 8. The van der Waals surface area contributed by atoms with Gasteiger partial charge in [0, 0.05) is 23.6 Å². The number of para-hydroxylation sites is 1. The van der Waals surface area contributed by atoms with Gasteiger partial charge in [-0.1, -0.05) is 36.4 Å². The smallest absolute Gasteiger partial charge is 0.267 e. The molecule has 0 atom stereocenters. The quantitative estimate of drug-likeness (QED) is 0.352. The number of fused-ring (bicyclic) bond motifs is 1. The van der Waals surface area contributed by atoms with Crippen molar-refractivity contribution in [3.05, 3.63) is 93.9 Å². The van der Waals surface area contributed by atoms with Gasteiger partial charge in [0.05, 0.1) is 12.0 Å². The molecule has 0 spiro atoms. The van der Waals surface area contributed by atoms with Gasteiger partial charge in [-0.25, -0.2) is 0 Å². The summed E-state index contributed by atoms with van der Waals surface area (Å²) in [5.41, 5.74) is 3.16. The molecule has 0 unspecified atom stereocenters. The Balaban J connectivity index is 1.48. The van der Waals surface area contributed by atoms with Gasteiger partial charge >= 0.3 is 0 Å². The number of hydrogen-bond acceptors (Lipinski definition) is 4. The van der Waals surface area contributed by atoms with E-state index in [-0.39, 0.29) is 17.5 Å². The first-order valence-electron chi connectivity index (χ1n) is 10.2. The Kier molecular flexibility index (Phi) is 6.67. The summed E-state index contributed by atoms with van der Waals surface area (Å²) in [6.45, 7) is 0.440. The molecule has 0 aliphatic heterocycles. The minimum absolute atomic E-state index is 0.187. The molecular weight excluding hydrogens is 422 g/mol. The zero-order chi connectivity index (χ0) is 22.3. The van der Waals surface area contributed by atoms with Crippen LogP contribution in [0.5, 0.6) is 5.75 Å². The number of amides is 2. The number of carbonyl (C=O) groups excluding carboxylic acids is 2. The summed E-state index contributed by atoms with van der Waals surface area (Å²) in [6.07, 6.45) is 4.29. The molecule has 0 saturated carbocycles. The Morgan fingerprint density at radius 2 is 1.88 bits per heavy atom. The average Bonchev–Trinajstić information content (AvgIpc) is 3.50. The summed E-state index contributed by atoms with van der Waals surface area (Å²) in [5, 5.41) is 8.64. The van der Waals surface area contributed by atoms with Gasteiger partial charge in [0.1, 0.15) is 11.4 Å². The van der Waals surface area contributed by atoms with Crippen LogP contribution in [0.25, 0.3) is 17.0 Å². The normalized spacial score (nSPS) is 11.3. The Bertz CT molecular complexity index is 1240. The van der Waals surface area contributed by atoms with Crippen LogP contribution in [0.3, 0.4) is 0 Å². The molecule has 2 amide bonds. The van der Waals surface area contributed by atoms with E-state index < -0.39 is 0 Å². The first kappa shape index (κ1) is 21.4. The van der Waals surface area contributed by atoms with Crippen LogP contribution in [-0.4, -0.2) is 30.5 Å². The lowest BCUT2D eigenvalue weighted by atomic mass is 10.1. The molecule has 7 heteroatoms. The van der Waals surface area contributed by atoms with Crippen LogP contribution in [0.4, 0.5) is 0 Å². The monoisotopic (exact) mass is 445 g/mol. The van der Waals surface area contributed by atoms with Crippen LogP contribution < -0.4 is 15.4 Å². The summed E-state index contributed by atoms with van der Waals surface area (Å²) >= 11 is 1.32. The Labute approximate surface area is 189 Å². The maximum atomic E-state index is 12.9. The summed E-state index contributed by atoms with van der Waals surface area (Å²) in [7, 11) is 1.60. The van der Waals surface area contributed by atoms with Crippen LogP contribution in [0.1, 0.15) is 20.8 Å². The van der Waals surface area contributed by atoms with Gasteiger partial charge < -0.3 is 20.4 Å². The zero-order valence-corrected chi connectivity index (χ0v) is 18.4. The highest BCUT2D eigenvalue weighted by Gasteiger charge is 2.15. The van der Waals surface area contributed by atoms with Crippen molar-refractivity contribution in [1.29, 1.82) is 0 Å². The highest BCUT2D eigenvalue weighted by molar-refractivity contribution is 7.12. The highest BCUT2D eigenvalue weighted by atomic mass is 32.1. The van der Waals surface area contributed by atoms with E-state index in [4.69, 9.17) is 4.74 Å². The zero-order valence-electron chi connectivity index (χ0n) is 17.6. The third-order valence-corrected chi connectivity index (χ3v) is 5.89. The van der Waals surface area contributed by atoms with Gasteiger partial charge in [0.2, 0.25) is 0 Å². The molecule has 3 N–H and O–H groups in total. The molecule has 2 aromatic carbocycles. The number of nitrogens with one attached hydrogen (secondary N) is 3. The number of hydrogen-bond donors (Lipinski definition) is 3. The predicted molar refractivity (Wildman–Crippen MR) is 128 cm³/mol. The Morgan fingerprint density at radius 1 is 1.06 bits per heavy atom. The van der Waals surface area contributed by atoms with Gasteiger partial charge in [0.15, 0.2) is 0 Å². The third kappa shape index (κ3) is 5.07. The Morgan fingerprint density at radius 3 is 2.62 bits per heavy atom. The summed E-state index contributed by atoms with van der Waals surface area (Å²) in [6, 6.07) is 18.8. The van der Waals surface area contributed by atoms with Crippen LogP contribution in [0.15, 0.2) is 77.9 Å². The lowest BCUT2D eigenvalue weighted by molar-refractivity contribution is -0.117. The van der Waals surface area contributed by atoms with E-state index in [2.05, 4.69) is 21.7 Å². The van der Waals surface area contributed by atoms with E-state index in [1.165, 1.54) is 11.3 Å². The molecule has 6 nitrogen and oxygen atoms in total. The topological polar surface area (TPSA) is 83.2 Å². The number of aromatic amines is 1. The molecule has 4 rings (SSSR count). The SMILES string of the molecule is COc1ccc(/C=C(/NC(=O)c2cccs2)C(=O)NCCc2c[nH]c3ccccc23)cc1. The van der Waals surface area contributed by atoms with Gasteiger partial charge in [-0.15, -0.1) is 11.3 Å². The number of methoxy groups -OCH3 is 1. The van der Waals surface area contributed by atoms with E-state index in [9.17, 15) is 9.59 Å². The summed E-state index contributed by atoms with van der Waals surface area (Å²) in [5.74, 6) is 0.0617. The minimum Gasteiger partial charge on any atom is -0.497 e. The van der Waals surface area contributed by atoms with Crippen LogP contribution in [0, 0.1) is 0 Å². The first-order valence-corrected chi connectivity index (χ1v) is 11.1. The third-order valence-electron chi connectivity index (χ3n) is 5.02. The van der Waals surface area contributed by atoms with Gasteiger partial charge in [0.25, 0.3) is 11.8 Å². The van der Waals surface area contributed by atoms with E-state index in [0.29, 0.717) is 17.8 Å². The predicted octanol–water partition coefficient (Wildman–Crippen LogP) is 4.37. The Hall–Kier alpha value is -3.84. The van der Waals surface area contributed by atoms with Crippen molar-refractivity contribution in [3.8, 4) is 5.75 Å². The molecule has 0 fully saturated rings. The van der Waals surface area contributed by atoms with Gasteiger partial charge in [-0.2, -0.15) is 0 Å². The molecule has 32 heavy (non-hydrogen) atoms. The van der Waals surface area contributed by atoms with Crippen molar-refractivity contribution in [1.82, 2.24) is 15.6 Å². The average molecular weight is 446 g/mol. The van der Waals surface area contributed by atoms with E-state index in [0.717, 1.165) is 27.8 Å². The number of carbonyl (C=O) groups is 2. The molecule has 0 bridgehead atoms. The molecular formula is C25H23N3O3S. The fraction of sp³-hybridized carbons (Fsp3) is 0.120. The first-order chi connectivity index (χ1) is 15.6. The molecule has 0 radical (unpaired) electrons. The maximum Gasteiger partial charge on any atom is 0.267 e. The summed E-state index contributed by atoms with van der Waals surface area (Å²) < 4.78 is 5.18. The molecule has 0 aliphatic rings. The standard InChI is InChI=1S/C25H23N3O3S/c1-31-19-10-8-17(9-11-19)15-22(28-25(30)23-7-4-14-32-23)24(29)26-13-12-18-16-27-21-6-3-2-5-20(18)21/h2-11,14-16,27H,12-13H2,1H3,(H,26,29)(H,28,30)/b22-15+. The molecule has 162 valence electrons. The van der Waals surface area contributed by atoms with E-state index in [1.807, 2.05) is 41.9 Å². The molecule has 0 aliphatic carbocycles. The van der Waals surface area contributed by atoms with Crippen molar-refractivity contribution in [2.75, 3.05) is 13.7 Å². The van der Waals surface area contributed by atoms with Crippen LogP contribution >= 0.6 is 11.3 Å². The molecule has 2 aromatic heterocycles. The fourth-order valence-corrected chi connectivity index (χ4v) is 3.98. The van der Waals surface area contributed by atoms with Crippen LogP contribution in [0.2, 0.25) is 0 Å². The highest BCUT2D eigenvalue weighted by Crippen LogP contribution is 2.18. The van der Waals surface area contributed by atoms with Crippen LogP contribution in [-0.2, 0) is 11.2 Å². The van der Waals surface area contributed by atoms with E-state index in [1.54, 1.807) is 37.5 Å². The number of benzene rings is 2. The molecule has 2 heterocycles. The second kappa shape index (κ2) is 9.98. The molecule has 4 aromatic rings. The van der Waals surface area contributed by atoms with Crippen molar-refractivity contribution < 1.29 is 14.3 Å². The van der Waals surface area contributed by atoms with Crippen molar-refractivity contribution in [2.45, 2.75) is 6.42 Å². The second-order valence-electron chi connectivity index (χ2n) is 7.13. The van der Waals surface area contributed by atoms with Crippen molar-refractivity contribution in [2.24, 2.45) is 0 Å². The second-order valence-corrected chi connectivity index (χ2v) is 8.08. The number of thiophene rings is 1. The van der Waals surface area contributed by atoms with Crippen molar-refractivity contribution >= 4 is 40.1 Å². The van der Waals surface area contributed by atoms with Gasteiger partial charge in [-0.3, -0.25) is 9.59 Å². The van der Waals surface area contributed by atoms with Crippen molar-refractivity contribution in [3.63, 3.8) is 0 Å². The largest absolute Gasteiger partial charge is 0.497 e. The van der Waals surface area contributed by atoms with Gasteiger partial charge in [-0.05, 0) is 53.3 Å². The fourth-order valence-electron chi connectivity index (χ4n) is 3.36. The maximum absolute atomic E-state index is 12.9. The lowest BCUT2D eigenvalue weighted by Gasteiger charge is -2.11. The number of H-pyrrole nitrogens is 1. The minimum atomic E-state index is -0.342. The van der Waals surface area contributed by atoms with E-state index >= 15 is 0 Å². The lowest BCUT2D eigenvalue weighted by Crippen LogP contribution is -2.35. The number of ether oxygens (including phenoxy) is 1. The summed E-state index contributed by atoms with van der Waals surface area (Å²) in [4.78, 5) is 29.3. The molecule has 0 saturated heterocycles. The number of aromatic nitrogens is 1.